The molecule has 2 N–H and O–H groups in total. The normalized spacial score (nSPS) is 15.2. The Hall–Kier alpha value is -3.38. The van der Waals surface area contributed by atoms with Crippen LogP contribution in [-0.2, 0) is 17.8 Å². The van der Waals surface area contributed by atoms with Gasteiger partial charge < -0.3 is 20.1 Å². The van der Waals surface area contributed by atoms with E-state index in [1.165, 1.54) is 11.1 Å². The van der Waals surface area contributed by atoms with Gasteiger partial charge in [-0.15, -0.1) is 0 Å². The number of aromatic nitrogens is 1. The van der Waals surface area contributed by atoms with Gasteiger partial charge in [0.25, 0.3) is 0 Å². The molecule has 154 valence electrons. The Morgan fingerprint density at radius 3 is 2.80 bits per heavy atom. The average molecular weight is 403 g/mol. The maximum atomic E-state index is 12.4. The Morgan fingerprint density at radius 1 is 1.13 bits per heavy atom. The first kappa shape index (κ1) is 19.9. The zero-order chi connectivity index (χ0) is 20.9. The summed E-state index contributed by atoms with van der Waals surface area (Å²) in [6, 6.07) is 17.3. The summed E-state index contributed by atoms with van der Waals surface area (Å²) < 4.78 is 11.7. The van der Waals surface area contributed by atoms with E-state index < -0.39 is 0 Å². The molecule has 2 heterocycles. The van der Waals surface area contributed by atoms with Gasteiger partial charge in [-0.3, -0.25) is 0 Å². The largest absolute Gasteiger partial charge is 0.439 e. The molecule has 1 aliphatic heterocycles. The zero-order valence-corrected chi connectivity index (χ0v) is 17.1. The third-order valence-electron chi connectivity index (χ3n) is 5.08. The number of pyridine rings is 1. The molecule has 0 unspecified atom stereocenters. The molecule has 0 bridgehead atoms. The van der Waals surface area contributed by atoms with Gasteiger partial charge in [0.1, 0.15) is 5.75 Å². The van der Waals surface area contributed by atoms with E-state index in [9.17, 15) is 4.79 Å². The minimum Gasteiger partial charge on any atom is -0.439 e. The number of hydrogen-bond donors (Lipinski definition) is 2. The van der Waals surface area contributed by atoms with E-state index in [-0.39, 0.29) is 12.1 Å². The van der Waals surface area contributed by atoms with Crippen LogP contribution in [0.3, 0.4) is 0 Å². The summed E-state index contributed by atoms with van der Waals surface area (Å²) in [4.78, 5) is 16.6. The van der Waals surface area contributed by atoms with E-state index in [1.54, 1.807) is 12.3 Å². The molecular weight excluding hydrogens is 378 g/mol. The number of amides is 2. The number of carbonyl (C=O) groups is 1. The minimum absolute atomic E-state index is 0.0324. The number of ether oxygens (including phenoxy) is 2. The van der Waals surface area contributed by atoms with Gasteiger partial charge in [0.2, 0.25) is 5.88 Å². The first-order valence-corrected chi connectivity index (χ1v) is 10.0. The van der Waals surface area contributed by atoms with Crippen molar-refractivity contribution in [1.29, 1.82) is 0 Å². The van der Waals surface area contributed by atoms with E-state index in [0.29, 0.717) is 30.5 Å². The van der Waals surface area contributed by atoms with Crippen molar-refractivity contribution in [2.45, 2.75) is 33.0 Å². The van der Waals surface area contributed by atoms with Crippen molar-refractivity contribution in [2.24, 2.45) is 0 Å². The van der Waals surface area contributed by atoms with Gasteiger partial charge in [0.05, 0.1) is 12.7 Å². The third-order valence-corrected chi connectivity index (χ3v) is 5.08. The molecule has 0 aliphatic carbocycles. The van der Waals surface area contributed by atoms with Crippen molar-refractivity contribution < 1.29 is 14.3 Å². The summed E-state index contributed by atoms with van der Waals surface area (Å²) >= 11 is 0. The quantitative estimate of drug-likeness (QED) is 0.645. The van der Waals surface area contributed by atoms with Crippen molar-refractivity contribution in [3.8, 4) is 11.6 Å². The summed E-state index contributed by atoms with van der Waals surface area (Å²) in [7, 11) is 0. The van der Waals surface area contributed by atoms with E-state index in [4.69, 9.17) is 9.47 Å². The van der Waals surface area contributed by atoms with Gasteiger partial charge >= 0.3 is 6.03 Å². The van der Waals surface area contributed by atoms with Gasteiger partial charge in [-0.2, -0.15) is 0 Å². The van der Waals surface area contributed by atoms with E-state index in [0.717, 1.165) is 17.5 Å². The molecule has 1 aromatic heterocycles. The molecule has 0 fully saturated rings. The van der Waals surface area contributed by atoms with Crippen molar-refractivity contribution >= 4 is 11.7 Å². The second-order valence-electron chi connectivity index (χ2n) is 7.49. The van der Waals surface area contributed by atoms with Gasteiger partial charge in [0.15, 0.2) is 0 Å². The van der Waals surface area contributed by atoms with Crippen LogP contribution in [0.1, 0.15) is 22.3 Å². The number of aryl methyl sites for hydroxylation is 2. The van der Waals surface area contributed by atoms with Crippen molar-refractivity contribution in [3.63, 3.8) is 0 Å². The number of urea groups is 1. The molecule has 6 nitrogen and oxygen atoms in total. The molecule has 6 heteroatoms. The van der Waals surface area contributed by atoms with Crippen LogP contribution in [0, 0.1) is 13.8 Å². The summed E-state index contributed by atoms with van der Waals surface area (Å²) in [5.74, 6) is 1.17. The molecule has 2 amide bonds. The Morgan fingerprint density at radius 2 is 1.97 bits per heavy atom. The van der Waals surface area contributed by atoms with Crippen LogP contribution >= 0.6 is 0 Å². The Bertz CT molecular complexity index is 1050. The molecule has 0 spiro atoms. The monoisotopic (exact) mass is 403 g/mol. The Labute approximate surface area is 176 Å². The number of hydrogen-bond acceptors (Lipinski definition) is 4. The fourth-order valence-corrected chi connectivity index (χ4v) is 3.39. The number of nitrogens with one attached hydrogen (secondary N) is 2. The van der Waals surface area contributed by atoms with Crippen LogP contribution in [0.25, 0.3) is 0 Å². The zero-order valence-electron chi connectivity index (χ0n) is 17.1. The lowest BCUT2D eigenvalue weighted by molar-refractivity contribution is 0.0308. The lowest BCUT2D eigenvalue weighted by Crippen LogP contribution is -2.38. The van der Waals surface area contributed by atoms with Crippen LogP contribution in [0.2, 0.25) is 0 Å². The molecule has 0 saturated heterocycles. The Kier molecular flexibility index (Phi) is 5.95. The van der Waals surface area contributed by atoms with Crippen LogP contribution in [0.4, 0.5) is 10.5 Å². The lowest BCUT2D eigenvalue weighted by atomic mass is 9.99. The second kappa shape index (κ2) is 8.97. The van der Waals surface area contributed by atoms with Crippen LogP contribution < -0.4 is 15.4 Å². The first-order valence-electron chi connectivity index (χ1n) is 10.0. The summed E-state index contributed by atoms with van der Waals surface area (Å²) in [6.07, 6.45) is 2.47. The summed E-state index contributed by atoms with van der Waals surface area (Å²) in [5, 5.41) is 5.75. The van der Waals surface area contributed by atoms with Crippen molar-refractivity contribution in [1.82, 2.24) is 10.3 Å². The number of benzene rings is 2. The fraction of sp³-hybridized carbons (Fsp3) is 0.250. The van der Waals surface area contributed by atoms with E-state index in [1.807, 2.05) is 50.2 Å². The number of carbonyl (C=O) groups excluding carboxylic acids is 1. The molecule has 1 aliphatic rings. The molecule has 2 aromatic carbocycles. The molecule has 0 saturated carbocycles. The predicted octanol–water partition coefficient (Wildman–Crippen LogP) is 4.75. The standard InChI is InChI=1S/C24H25N3O3/c1-16-9-10-25-23(11-16)30-22-13-20(8-7-17(22)2)27-24(28)26-14-21-12-18-5-3-4-6-19(18)15-29-21/h3-11,13,21H,12,14-15H2,1-2H3,(H2,26,27,28)/t21-/m0/s1. The molecule has 30 heavy (non-hydrogen) atoms. The number of anilines is 1. The average Bonchev–Trinajstić information content (AvgIpc) is 2.74. The van der Waals surface area contributed by atoms with Gasteiger partial charge in [-0.1, -0.05) is 30.3 Å². The van der Waals surface area contributed by atoms with Crippen LogP contribution in [-0.4, -0.2) is 23.7 Å². The number of fused-ring (bicyclic) bond motifs is 1. The number of rotatable bonds is 5. The lowest BCUT2D eigenvalue weighted by Gasteiger charge is -2.25. The minimum atomic E-state index is -0.277. The van der Waals surface area contributed by atoms with E-state index >= 15 is 0 Å². The maximum absolute atomic E-state index is 12.4. The highest BCUT2D eigenvalue weighted by atomic mass is 16.5. The van der Waals surface area contributed by atoms with Gasteiger partial charge in [-0.25, -0.2) is 9.78 Å². The third kappa shape index (κ3) is 4.96. The fourth-order valence-electron chi connectivity index (χ4n) is 3.39. The van der Waals surface area contributed by atoms with Crippen molar-refractivity contribution in [3.05, 3.63) is 83.0 Å². The summed E-state index contributed by atoms with van der Waals surface area (Å²) in [6.45, 7) is 4.96. The topological polar surface area (TPSA) is 72.5 Å². The molecule has 4 rings (SSSR count). The highest BCUT2D eigenvalue weighted by Gasteiger charge is 2.19. The van der Waals surface area contributed by atoms with Gasteiger partial charge in [0, 0.05) is 37.0 Å². The molecule has 3 aromatic rings. The van der Waals surface area contributed by atoms with E-state index in [2.05, 4.69) is 27.8 Å². The van der Waals surface area contributed by atoms with Crippen LogP contribution in [0.5, 0.6) is 11.6 Å². The summed E-state index contributed by atoms with van der Waals surface area (Å²) in [5.41, 5.74) is 5.17. The van der Waals surface area contributed by atoms with Gasteiger partial charge in [-0.05, 0) is 48.2 Å². The second-order valence-corrected chi connectivity index (χ2v) is 7.49. The molecule has 1 atom stereocenters. The predicted molar refractivity (Wildman–Crippen MR) is 116 cm³/mol. The SMILES string of the molecule is Cc1ccnc(Oc2cc(NC(=O)NC[C@@H]3Cc4ccccc4CO3)ccc2C)c1. The van der Waals surface area contributed by atoms with Crippen LogP contribution in [0.15, 0.2) is 60.8 Å². The maximum Gasteiger partial charge on any atom is 0.319 e. The highest BCUT2D eigenvalue weighted by molar-refractivity contribution is 5.89. The Balaban J connectivity index is 1.33. The number of nitrogens with zero attached hydrogens (tertiary/aromatic N) is 1. The molecule has 0 radical (unpaired) electrons. The highest BCUT2D eigenvalue weighted by Crippen LogP contribution is 2.27. The molecular formula is C24H25N3O3. The van der Waals surface area contributed by atoms with Crippen molar-refractivity contribution in [2.75, 3.05) is 11.9 Å². The first-order chi connectivity index (χ1) is 14.6. The smallest absolute Gasteiger partial charge is 0.319 e.